The van der Waals surface area contributed by atoms with E-state index < -0.39 is 12.2 Å². The summed E-state index contributed by atoms with van der Waals surface area (Å²) in [5.41, 5.74) is 0.782. The Labute approximate surface area is 189 Å². The van der Waals surface area contributed by atoms with Crippen molar-refractivity contribution in [2.24, 2.45) is 23.2 Å². The quantitative estimate of drug-likeness (QED) is 0.560. The largest absolute Gasteiger partial charge is 0.351 e. The highest BCUT2D eigenvalue weighted by Crippen LogP contribution is 2.59. The number of rotatable bonds is 5. The van der Waals surface area contributed by atoms with Gasteiger partial charge in [-0.05, 0) is 92.0 Å². The summed E-state index contributed by atoms with van der Waals surface area (Å²) in [7, 11) is 0. The number of hydrogen-bond acceptors (Lipinski definition) is 3. The second-order valence-electron chi connectivity index (χ2n) is 10.3. The topological polar surface area (TPSA) is 59.3 Å². The Bertz CT molecular complexity index is 1190. The summed E-state index contributed by atoms with van der Waals surface area (Å²) in [6.07, 6.45) is 5.97. The molecule has 0 radical (unpaired) electrons. The smallest absolute Gasteiger partial charge is 0.280 e. The lowest BCUT2D eigenvalue weighted by Gasteiger charge is -2.56. The van der Waals surface area contributed by atoms with Crippen molar-refractivity contribution in [2.75, 3.05) is 6.54 Å². The monoisotopic (exact) mass is 454 g/mol. The first-order chi connectivity index (χ1) is 15.9. The van der Waals surface area contributed by atoms with Crippen molar-refractivity contribution in [1.82, 2.24) is 19.9 Å². The first-order valence-corrected chi connectivity index (χ1v) is 11.6. The van der Waals surface area contributed by atoms with Gasteiger partial charge in [-0.1, -0.05) is 0 Å². The number of aromatic nitrogens is 3. The predicted octanol–water partition coefficient (Wildman–Crippen LogP) is 5.42. The van der Waals surface area contributed by atoms with E-state index in [-0.39, 0.29) is 33.9 Å². The van der Waals surface area contributed by atoms with E-state index in [9.17, 15) is 18.0 Å². The van der Waals surface area contributed by atoms with Crippen molar-refractivity contribution < 1.29 is 18.0 Å². The van der Waals surface area contributed by atoms with Crippen molar-refractivity contribution in [3.05, 3.63) is 53.6 Å². The molecule has 4 aliphatic carbocycles. The van der Waals surface area contributed by atoms with Gasteiger partial charge < -0.3 is 5.32 Å². The minimum absolute atomic E-state index is 0.0788. The fourth-order valence-corrected chi connectivity index (χ4v) is 6.94. The summed E-state index contributed by atoms with van der Waals surface area (Å²) in [6.45, 7) is 0.603. The molecule has 33 heavy (non-hydrogen) atoms. The Morgan fingerprint density at radius 3 is 2.33 bits per heavy atom. The number of hydrogen-bond donors (Lipinski definition) is 1. The number of nitrogens with one attached hydrogen (secondary N) is 1. The molecule has 2 aromatic heterocycles. The summed E-state index contributed by atoms with van der Waals surface area (Å²) < 4.78 is 41.9. The fraction of sp³-hybridized carbons (Fsp3) is 0.480. The van der Waals surface area contributed by atoms with E-state index in [2.05, 4.69) is 15.4 Å². The summed E-state index contributed by atoms with van der Waals surface area (Å²) in [5, 5.41) is 7.12. The van der Waals surface area contributed by atoms with Crippen LogP contribution in [0.1, 0.15) is 61.0 Å². The van der Waals surface area contributed by atoms with Crippen LogP contribution >= 0.6 is 0 Å². The number of halogens is 3. The first kappa shape index (κ1) is 20.7. The maximum atomic E-state index is 13.8. The highest BCUT2D eigenvalue weighted by atomic mass is 19.3. The molecule has 4 aliphatic rings. The van der Waals surface area contributed by atoms with E-state index in [4.69, 9.17) is 0 Å². The number of carbonyl (C=O) groups is 1. The predicted molar refractivity (Wildman–Crippen MR) is 116 cm³/mol. The molecule has 4 saturated carbocycles. The highest BCUT2D eigenvalue weighted by Gasteiger charge is 2.50. The maximum absolute atomic E-state index is 13.8. The fourth-order valence-electron chi connectivity index (χ4n) is 6.94. The van der Waals surface area contributed by atoms with Gasteiger partial charge in [0, 0.05) is 12.1 Å². The summed E-state index contributed by atoms with van der Waals surface area (Å²) >= 11 is 0. The SMILES string of the molecule is O=C(NCC12CC3CC(CC(C3)C1)C2)c1cnn2c(C(F)F)cc(-c3ccc(F)cc3)nc12. The average Bonchev–Trinajstić information content (AvgIpc) is 3.20. The highest BCUT2D eigenvalue weighted by molar-refractivity contribution is 6.00. The minimum Gasteiger partial charge on any atom is -0.351 e. The zero-order chi connectivity index (χ0) is 22.7. The molecule has 0 atom stereocenters. The third-order valence-corrected chi connectivity index (χ3v) is 7.90. The number of nitrogens with zero attached hydrogens (tertiary/aromatic N) is 3. The second kappa shape index (κ2) is 7.57. The molecule has 4 bridgehead atoms. The zero-order valence-corrected chi connectivity index (χ0v) is 18.1. The number of alkyl halides is 2. The lowest BCUT2D eigenvalue weighted by atomic mass is 9.49. The van der Waals surface area contributed by atoms with Gasteiger partial charge in [0.1, 0.15) is 17.1 Å². The molecular formula is C25H25F3N4O. The van der Waals surface area contributed by atoms with Crippen LogP contribution in [0, 0.1) is 29.0 Å². The molecular weight excluding hydrogens is 429 g/mol. The van der Waals surface area contributed by atoms with Gasteiger partial charge in [0.2, 0.25) is 0 Å². The Balaban J connectivity index is 1.30. The molecule has 0 spiro atoms. The van der Waals surface area contributed by atoms with Crippen LogP contribution in [0.15, 0.2) is 36.5 Å². The second-order valence-corrected chi connectivity index (χ2v) is 10.3. The molecule has 1 aromatic carbocycles. The van der Waals surface area contributed by atoms with Crippen molar-refractivity contribution in [2.45, 2.75) is 45.0 Å². The molecule has 0 unspecified atom stereocenters. The van der Waals surface area contributed by atoms with Crippen LogP contribution in [-0.4, -0.2) is 27.0 Å². The van der Waals surface area contributed by atoms with Crippen molar-refractivity contribution in [1.29, 1.82) is 0 Å². The van der Waals surface area contributed by atoms with Crippen molar-refractivity contribution in [3.63, 3.8) is 0 Å². The van der Waals surface area contributed by atoms with Crippen LogP contribution < -0.4 is 5.32 Å². The Morgan fingerprint density at radius 1 is 1.09 bits per heavy atom. The Hall–Kier alpha value is -2.90. The Morgan fingerprint density at radius 2 is 1.73 bits per heavy atom. The van der Waals surface area contributed by atoms with Gasteiger partial charge in [-0.2, -0.15) is 5.10 Å². The third kappa shape index (κ3) is 3.60. The van der Waals surface area contributed by atoms with Gasteiger partial charge in [-0.25, -0.2) is 22.7 Å². The molecule has 0 aliphatic heterocycles. The molecule has 8 heteroatoms. The summed E-state index contributed by atoms with van der Waals surface area (Å²) in [6, 6.07) is 6.69. The molecule has 7 rings (SSSR count). The van der Waals surface area contributed by atoms with Gasteiger partial charge >= 0.3 is 0 Å². The molecule has 5 nitrogen and oxygen atoms in total. The van der Waals surface area contributed by atoms with E-state index >= 15 is 0 Å². The van der Waals surface area contributed by atoms with Crippen LogP contribution in [0.2, 0.25) is 0 Å². The normalized spacial score (nSPS) is 28.1. The first-order valence-electron chi connectivity index (χ1n) is 11.6. The third-order valence-electron chi connectivity index (χ3n) is 7.90. The average molecular weight is 454 g/mol. The number of amides is 1. The van der Waals surface area contributed by atoms with Gasteiger partial charge in [-0.3, -0.25) is 4.79 Å². The van der Waals surface area contributed by atoms with Crippen LogP contribution in [0.4, 0.5) is 13.2 Å². The van der Waals surface area contributed by atoms with E-state index in [0.29, 0.717) is 12.1 Å². The number of carbonyl (C=O) groups excluding carboxylic acids is 1. The van der Waals surface area contributed by atoms with Gasteiger partial charge in [-0.15, -0.1) is 0 Å². The van der Waals surface area contributed by atoms with E-state index in [1.165, 1.54) is 55.8 Å². The Kier molecular flexibility index (Phi) is 4.74. The van der Waals surface area contributed by atoms with Crippen LogP contribution in [0.25, 0.3) is 16.9 Å². The maximum Gasteiger partial charge on any atom is 0.280 e. The van der Waals surface area contributed by atoms with Gasteiger partial charge in [0.05, 0.1) is 11.9 Å². The molecule has 4 fully saturated rings. The minimum atomic E-state index is -2.81. The van der Waals surface area contributed by atoms with Gasteiger partial charge in [0.15, 0.2) is 5.65 Å². The molecule has 172 valence electrons. The lowest BCUT2D eigenvalue weighted by Crippen LogP contribution is -2.51. The van der Waals surface area contributed by atoms with Crippen LogP contribution in [0.5, 0.6) is 0 Å². The van der Waals surface area contributed by atoms with Crippen molar-refractivity contribution >= 4 is 11.6 Å². The molecule has 1 N–H and O–H groups in total. The van der Waals surface area contributed by atoms with E-state index in [0.717, 1.165) is 41.5 Å². The van der Waals surface area contributed by atoms with E-state index in [1.54, 1.807) is 0 Å². The standard InChI is InChI=1S/C25H25F3N4O/c26-18-3-1-17(2-4-18)20-8-21(22(27)28)32-23(31-20)19(12-30-32)24(33)29-13-25-9-14-5-15(10-25)7-16(6-14)11-25/h1-4,8,12,14-16,22H,5-7,9-11,13H2,(H,29,33). The van der Waals surface area contributed by atoms with Crippen LogP contribution in [-0.2, 0) is 0 Å². The van der Waals surface area contributed by atoms with E-state index in [1.807, 2.05) is 0 Å². The molecule has 1 amide bonds. The number of fused-ring (bicyclic) bond motifs is 1. The molecule has 3 aromatic rings. The zero-order valence-electron chi connectivity index (χ0n) is 18.1. The summed E-state index contributed by atoms with van der Waals surface area (Å²) in [4.78, 5) is 17.6. The summed E-state index contributed by atoms with van der Waals surface area (Å²) in [5.74, 6) is 1.56. The van der Waals surface area contributed by atoms with Gasteiger partial charge in [0.25, 0.3) is 12.3 Å². The van der Waals surface area contributed by atoms with Crippen LogP contribution in [0.3, 0.4) is 0 Å². The van der Waals surface area contributed by atoms with Crippen molar-refractivity contribution in [3.8, 4) is 11.3 Å². The number of benzene rings is 1. The molecule has 0 saturated heterocycles. The lowest BCUT2D eigenvalue weighted by molar-refractivity contribution is -0.0503. The molecule has 2 heterocycles.